The van der Waals surface area contributed by atoms with Crippen molar-refractivity contribution in [1.29, 1.82) is 5.26 Å². The van der Waals surface area contributed by atoms with Crippen molar-refractivity contribution in [2.75, 3.05) is 13.7 Å². The zero-order valence-electron chi connectivity index (χ0n) is 10.5. The molecule has 2 N–H and O–H groups in total. The Morgan fingerprint density at radius 1 is 1.44 bits per heavy atom. The highest BCUT2D eigenvalue weighted by Gasteiger charge is 2.14. The molecule has 96 valence electrons. The molecule has 5 heteroatoms. The van der Waals surface area contributed by atoms with Crippen molar-refractivity contribution in [1.82, 2.24) is 0 Å². The van der Waals surface area contributed by atoms with Gasteiger partial charge in [0.25, 0.3) is 0 Å². The maximum absolute atomic E-state index is 11.5. The van der Waals surface area contributed by atoms with Gasteiger partial charge >= 0.3 is 5.97 Å². The van der Waals surface area contributed by atoms with Crippen LogP contribution in [0.5, 0.6) is 5.75 Å². The lowest BCUT2D eigenvalue weighted by atomic mass is 9.99. The molecular formula is C13H16N2O3. The highest BCUT2D eigenvalue weighted by Crippen LogP contribution is 2.22. The lowest BCUT2D eigenvalue weighted by Crippen LogP contribution is -2.11. The molecule has 0 saturated carbocycles. The van der Waals surface area contributed by atoms with E-state index in [2.05, 4.69) is 6.07 Å². The predicted octanol–water partition coefficient (Wildman–Crippen LogP) is 1.13. The molecule has 0 heterocycles. The Hall–Kier alpha value is -2.06. The number of hydrogen-bond acceptors (Lipinski definition) is 5. The molecule has 0 fully saturated rings. The van der Waals surface area contributed by atoms with E-state index in [4.69, 9.17) is 20.5 Å². The lowest BCUT2D eigenvalue weighted by Gasteiger charge is -2.10. The summed E-state index contributed by atoms with van der Waals surface area (Å²) in [5, 5.41) is 9.14. The average molecular weight is 248 g/mol. The number of benzene rings is 1. The largest absolute Gasteiger partial charge is 0.497 e. The van der Waals surface area contributed by atoms with Crippen LogP contribution in [0.4, 0.5) is 0 Å². The van der Waals surface area contributed by atoms with Crippen molar-refractivity contribution >= 4 is 5.97 Å². The molecule has 0 radical (unpaired) electrons. The number of hydrogen-bond donors (Lipinski definition) is 1. The van der Waals surface area contributed by atoms with Crippen molar-refractivity contribution in [2.24, 2.45) is 5.73 Å². The van der Waals surface area contributed by atoms with Crippen LogP contribution in [0, 0.1) is 11.3 Å². The van der Waals surface area contributed by atoms with E-state index in [9.17, 15) is 4.79 Å². The molecule has 0 spiro atoms. The highest BCUT2D eigenvalue weighted by atomic mass is 16.5. The zero-order valence-corrected chi connectivity index (χ0v) is 10.5. The van der Waals surface area contributed by atoms with Gasteiger partial charge in [-0.2, -0.15) is 5.26 Å². The first-order valence-corrected chi connectivity index (χ1v) is 5.61. The summed E-state index contributed by atoms with van der Waals surface area (Å²) in [4.78, 5) is 11.5. The minimum absolute atomic E-state index is 0.0426. The molecule has 1 rings (SSSR count). The summed E-state index contributed by atoms with van der Waals surface area (Å²) in [7, 11) is 1.52. The topological polar surface area (TPSA) is 85.3 Å². The fourth-order valence-electron chi connectivity index (χ4n) is 1.67. The van der Waals surface area contributed by atoms with Crippen molar-refractivity contribution in [3.05, 3.63) is 28.8 Å². The van der Waals surface area contributed by atoms with Crippen LogP contribution in [-0.2, 0) is 22.5 Å². The van der Waals surface area contributed by atoms with Crippen molar-refractivity contribution in [2.45, 2.75) is 19.9 Å². The Morgan fingerprint density at radius 2 is 2.11 bits per heavy atom. The molecule has 1 aromatic rings. The average Bonchev–Trinajstić information content (AvgIpc) is 2.37. The summed E-state index contributed by atoms with van der Waals surface area (Å²) in [6.07, 6.45) is 0.0426. The van der Waals surface area contributed by atoms with E-state index in [1.54, 1.807) is 19.1 Å². The second-order valence-electron chi connectivity index (χ2n) is 3.62. The van der Waals surface area contributed by atoms with Crippen LogP contribution in [0.2, 0.25) is 0 Å². The molecule has 0 aromatic heterocycles. The zero-order chi connectivity index (χ0) is 13.5. The first-order chi connectivity index (χ1) is 8.65. The van der Waals surface area contributed by atoms with Gasteiger partial charge in [0.15, 0.2) is 0 Å². The van der Waals surface area contributed by atoms with Gasteiger partial charge in [0.2, 0.25) is 0 Å². The third-order valence-corrected chi connectivity index (χ3v) is 2.48. The normalized spacial score (nSPS) is 9.67. The Labute approximate surface area is 106 Å². The van der Waals surface area contributed by atoms with E-state index in [0.717, 1.165) is 0 Å². The Morgan fingerprint density at radius 3 is 2.61 bits per heavy atom. The number of rotatable bonds is 5. The first kappa shape index (κ1) is 14.0. The molecule has 1 aromatic carbocycles. The van der Waals surface area contributed by atoms with Crippen LogP contribution < -0.4 is 10.5 Å². The summed E-state index contributed by atoms with van der Waals surface area (Å²) < 4.78 is 9.99. The molecule has 0 saturated heterocycles. The fourth-order valence-corrected chi connectivity index (χ4v) is 1.67. The first-order valence-electron chi connectivity index (χ1n) is 5.61. The molecule has 0 bridgehead atoms. The molecule has 0 aliphatic carbocycles. The summed E-state index contributed by atoms with van der Waals surface area (Å²) in [6.45, 7) is 2.27. The van der Waals surface area contributed by atoms with E-state index < -0.39 is 0 Å². The molecular weight excluding hydrogens is 232 g/mol. The summed E-state index contributed by atoms with van der Waals surface area (Å²) >= 11 is 0. The van der Waals surface area contributed by atoms with Gasteiger partial charge in [0.1, 0.15) is 5.75 Å². The second-order valence-corrected chi connectivity index (χ2v) is 3.62. The van der Waals surface area contributed by atoms with Crippen molar-refractivity contribution in [3.63, 3.8) is 0 Å². The highest BCUT2D eigenvalue weighted by molar-refractivity contribution is 5.74. The molecule has 0 amide bonds. The Bertz CT molecular complexity index is 478. The maximum atomic E-state index is 11.5. The van der Waals surface area contributed by atoms with Gasteiger partial charge in [-0.1, -0.05) is 0 Å². The molecule has 0 aliphatic heterocycles. The van der Waals surface area contributed by atoms with Crippen LogP contribution in [0.3, 0.4) is 0 Å². The van der Waals surface area contributed by atoms with Crippen LogP contribution in [0.1, 0.15) is 23.6 Å². The predicted molar refractivity (Wildman–Crippen MR) is 65.9 cm³/mol. The van der Waals surface area contributed by atoms with E-state index >= 15 is 0 Å². The van der Waals surface area contributed by atoms with Gasteiger partial charge in [-0.15, -0.1) is 0 Å². The number of ether oxygens (including phenoxy) is 2. The minimum atomic E-state index is -0.370. The number of carbonyl (C=O) groups is 1. The van der Waals surface area contributed by atoms with Crippen LogP contribution in [0.15, 0.2) is 12.1 Å². The van der Waals surface area contributed by atoms with E-state index in [1.807, 2.05) is 0 Å². The molecule has 0 atom stereocenters. The van der Waals surface area contributed by atoms with E-state index in [0.29, 0.717) is 29.0 Å². The number of esters is 1. The SMILES string of the molecule is CCOC(=O)Cc1cc(OC)cc(CN)c1C#N. The number of nitrogens with two attached hydrogens (primary N) is 1. The molecule has 0 unspecified atom stereocenters. The quantitative estimate of drug-likeness (QED) is 0.789. The molecule has 18 heavy (non-hydrogen) atoms. The molecule has 0 aliphatic rings. The van der Waals surface area contributed by atoms with E-state index in [1.165, 1.54) is 7.11 Å². The smallest absolute Gasteiger partial charge is 0.310 e. The summed E-state index contributed by atoms with van der Waals surface area (Å²) in [5.74, 6) is 0.207. The Balaban J connectivity index is 3.15. The van der Waals surface area contributed by atoms with Crippen molar-refractivity contribution in [3.8, 4) is 11.8 Å². The van der Waals surface area contributed by atoms with Crippen LogP contribution in [-0.4, -0.2) is 19.7 Å². The minimum Gasteiger partial charge on any atom is -0.497 e. The van der Waals surface area contributed by atoms with Gasteiger partial charge in [-0.3, -0.25) is 4.79 Å². The third-order valence-electron chi connectivity index (χ3n) is 2.48. The van der Waals surface area contributed by atoms with Crippen LogP contribution >= 0.6 is 0 Å². The maximum Gasteiger partial charge on any atom is 0.310 e. The standard InChI is InChI=1S/C13H16N2O3/c1-3-18-13(16)6-9-4-11(17-2)5-10(7-14)12(9)8-15/h4-5H,3,6-7,14H2,1-2H3. The fraction of sp³-hybridized carbons (Fsp3) is 0.385. The number of nitriles is 1. The molecule has 5 nitrogen and oxygen atoms in total. The monoisotopic (exact) mass is 248 g/mol. The van der Waals surface area contributed by atoms with Gasteiger partial charge < -0.3 is 15.2 Å². The second kappa shape index (κ2) is 6.62. The van der Waals surface area contributed by atoms with E-state index in [-0.39, 0.29) is 18.9 Å². The summed E-state index contributed by atoms with van der Waals surface area (Å²) in [5.41, 5.74) is 7.25. The third kappa shape index (κ3) is 3.22. The Kier molecular flexibility index (Phi) is 5.15. The van der Waals surface area contributed by atoms with Gasteiger partial charge in [0, 0.05) is 6.54 Å². The number of nitrogens with zero attached hydrogens (tertiary/aromatic N) is 1. The van der Waals surface area contributed by atoms with Gasteiger partial charge in [0.05, 0.1) is 31.8 Å². The van der Waals surface area contributed by atoms with Crippen molar-refractivity contribution < 1.29 is 14.3 Å². The van der Waals surface area contributed by atoms with Gasteiger partial charge in [-0.25, -0.2) is 0 Å². The number of methoxy groups -OCH3 is 1. The summed E-state index contributed by atoms with van der Waals surface area (Å²) in [6, 6.07) is 5.43. The number of carbonyl (C=O) groups excluding carboxylic acids is 1. The lowest BCUT2D eigenvalue weighted by molar-refractivity contribution is -0.142. The van der Waals surface area contributed by atoms with Crippen LogP contribution in [0.25, 0.3) is 0 Å². The van der Waals surface area contributed by atoms with Gasteiger partial charge in [-0.05, 0) is 30.2 Å².